The van der Waals surface area contributed by atoms with Gasteiger partial charge in [0.2, 0.25) is 0 Å². The number of halogens is 1. The highest BCUT2D eigenvalue weighted by Gasteiger charge is 2.22. The maximum atomic E-state index is 10.8. The van der Waals surface area contributed by atoms with Gasteiger partial charge in [0.05, 0.1) is 27.9 Å². The van der Waals surface area contributed by atoms with E-state index < -0.39 is 4.92 Å². The minimum atomic E-state index is -0.423. The molecule has 2 aromatic heterocycles. The van der Waals surface area contributed by atoms with Crippen molar-refractivity contribution in [2.75, 3.05) is 31.1 Å². The zero-order valence-electron chi connectivity index (χ0n) is 16.4. The molecule has 0 aliphatic carbocycles. The molecule has 1 fully saturated rings. The number of hydrogen-bond donors (Lipinski definition) is 0. The molecule has 1 aliphatic rings. The van der Waals surface area contributed by atoms with E-state index in [-0.39, 0.29) is 5.69 Å². The van der Waals surface area contributed by atoms with Crippen LogP contribution in [0.2, 0.25) is 5.02 Å². The second kappa shape index (κ2) is 7.97. The first-order valence-corrected chi connectivity index (χ1v) is 10.1. The number of aromatic nitrogens is 4. The van der Waals surface area contributed by atoms with Crippen LogP contribution in [0.25, 0.3) is 16.7 Å². The Labute approximate surface area is 181 Å². The Bertz CT molecular complexity index is 1230. The normalized spacial score (nSPS) is 14.9. The fraction of sp³-hybridized carbons (Fsp3) is 0.250. The van der Waals surface area contributed by atoms with Crippen molar-refractivity contribution in [3.63, 3.8) is 0 Å². The van der Waals surface area contributed by atoms with Gasteiger partial charge in [-0.05, 0) is 24.3 Å². The van der Waals surface area contributed by atoms with Gasteiger partial charge in [-0.2, -0.15) is 0 Å². The molecule has 31 heavy (non-hydrogen) atoms. The van der Waals surface area contributed by atoms with E-state index >= 15 is 0 Å². The van der Waals surface area contributed by atoms with E-state index in [0.29, 0.717) is 17.2 Å². The third-order valence-corrected chi connectivity index (χ3v) is 5.57. The first-order chi connectivity index (χ1) is 15.1. The molecule has 0 spiro atoms. The lowest BCUT2D eigenvalue weighted by Gasteiger charge is -2.34. The monoisotopic (exact) mass is 439 g/mol. The van der Waals surface area contributed by atoms with E-state index in [9.17, 15) is 10.1 Å². The molecule has 0 unspecified atom stereocenters. The quantitative estimate of drug-likeness (QED) is 0.344. The maximum Gasteiger partial charge on any atom is 0.269 e. The molecule has 0 atom stereocenters. The predicted molar refractivity (Wildman–Crippen MR) is 115 cm³/mol. The average Bonchev–Trinajstić information content (AvgIpc) is 3.41. The molecule has 4 aromatic rings. The molecule has 11 heteroatoms. The number of nitrogens with zero attached hydrogens (tertiary/aromatic N) is 7. The lowest BCUT2D eigenvalue weighted by atomic mass is 10.2. The van der Waals surface area contributed by atoms with E-state index in [2.05, 4.69) is 25.3 Å². The number of non-ortho nitro benzene ring substituents is 1. The number of rotatable bonds is 5. The second-order valence-corrected chi connectivity index (χ2v) is 7.77. The zero-order chi connectivity index (χ0) is 21.4. The molecule has 2 aromatic carbocycles. The molecule has 0 radical (unpaired) electrons. The van der Waals surface area contributed by atoms with Gasteiger partial charge in [-0.3, -0.25) is 15.0 Å². The Kier molecular flexibility index (Phi) is 5.00. The number of fused-ring (bicyclic) bond motifs is 1. The van der Waals surface area contributed by atoms with Gasteiger partial charge in [0.15, 0.2) is 11.4 Å². The summed E-state index contributed by atoms with van der Waals surface area (Å²) in [5.41, 5.74) is 2.30. The summed E-state index contributed by atoms with van der Waals surface area (Å²) in [7, 11) is 0. The van der Waals surface area contributed by atoms with E-state index in [0.717, 1.165) is 48.8 Å². The van der Waals surface area contributed by atoms with Crippen LogP contribution in [0.1, 0.15) is 5.69 Å². The highest BCUT2D eigenvalue weighted by molar-refractivity contribution is 6.31. The number of nitro groups is 1. The maximum absolute atomic E-state index is 10.8. The summed E-state index contributed by atoms with van der Waals surface area (Å²) in [6.07, 6.45) is 1.85. The molecule has 1 aliphatic heterocycles. The molecule has 0 amide bonds. The SMILES string of the molecule is O=[N+]([O-])c1ccc(-n2cc(CN3CCN(c4noc5cc(Cl)ccc45)CC3)nn2)cc1. The Morgan fingerprint density at radius 1 is 1.10 bits per heavy atom. The fourth-order valence-electron chi connectivity index (χ4n) is 3.70. The Morgan fingerprint density at radius 3 is 2.61 bits per heavy atom. The van der Waals surface area contributed by atoms with Crippen molar-refractivity contribution < 1.29 is 9.45 Å². The van der Waals surface area contributed by atoms with E-state index in [1.807, 2.05) is 18.3 Å². The van der Waals surface area contributed by atoms with Gasteiger partial charge in [0.25, 0.3) is 5.69 Å². The first-order valence-electron chi connectivity index (χ1n) is 9.75. The fourth-order valence-corrected chi connectivity index (χ4v) is 3.86. The number of piperazine rings is 1. The van der Waals surface area contributed by atoms with Crippen LogP contribution >= 0.6 is 11.6 Å². The van der Waals surface area contributed by atoms with Crippen molar-refractivity contribution >= 4 is 34.1 Å². The highest BCUT2D eigenvalue weighted by atomic mass is 35.5. The van der Waals surface area contributed by atoms with Crippen LogP contribution < -0.4 is 4.90 Å². The summed E-state index contributed by atoms with van der Waals surface area (Å²) in [5, 5.41) is 25.0. The molecule has 0 saturated carbocycles. The minimum Gasteiger partial charge on any atom is -0.354 e. The molecule has 0 N–H and O–H groups in total. The van der Waals surface area contributed by atoms with Crippen molar-refractivity contribution in [3.8, 4) is 5.69 Å². The zero-order valence-corrected chi connectivity index (χ0v) is 17.1. The molecule has 1 saturated heterocycles. The van der Waals surface area contributed by atoms with Crippen molar-refractivity contribution in [2.45, 2.75) is 6.54 Å². The lowest BCUT2D eigenvalue weighted by Crippen LogP contribution is -2.46. The van der Waals surface area contributed by atoms with Crippen molar-refractivity contribution in [3.05, 3.63) is 69.5 Å². The van der Waals surface area contributed by atoms with E-state index in [4.69, 9.17) is 16.1 Å². The number of anilines is 1. The Balaban J connectivity index is 1.21. The number of nitro benzene ring substituents is 1. The van der Waals surface area contributed by atoms with Crippen LogP contribution in [-0.2, 0) is 6.54 Å². The summed E-state index contributed by atoms with van der Waals surface area (Å²) in [6, 6.07) is 11.8. The van der Waals surface area contributed by atoms with Crippen molar-refractivity contribution in [1.29, 1.82) is 0 Å². The lowest BCUT2D eigenvalue weighted by molar-refractivity contribution is -0.384. The molecular formula is C20H18ClN7O3. The summed E-state index contributed by atoms with van der Waals surface area (Å²) < 4.78 is 7.05. The highest BCUT2D eigenvalue weighted by Crippen LogP contribution is 2.29. The summed E-state index contributed by atoms with van der Waals surface area (Å²) in [4.78, 5) is 14.9. The molecule has 5 rings (SSSR count). The van der Waals surface area contributed by atoms with E-state index in [1.165, 1.54) is 12.1 Å². The number of hydrogen-bond acceptors (Lipinski definition) is 8. The third kappa shape index (κ3) is 3.94. The van der Waals surface area contributed by atoms with Gasteiger partial charge in [-0.25, -0.2) is 4.68 Å². The Morgan fingerprint density at radius 2 is 1.87 bits per heavy atom. The first kappa shape index (κ1) is 19.5. The minimum absolute atomic E-state index is 0.0462. The van der Waals surface area contributed by atoms with Gasteiger partial charge >= 0.3 is 0 Å². The van der Waals surface area contributed by atoms with Gasteiger partial charge in [0, 0.05) is 55.9 Å². The Hall–Kier alpha value is -3.50. The molecular weight excluding hydrogens is 422 g/mol. The summed E-state index contributed by atoms with van der Waals surface area (Å²) >= 11 is 6.02. The molecule has 10 nitrogen and oxygen atoms in total. The summed E-state index contributed by atoms with van der Waals surface area (Å²) in [6.45, 7) is 4.02. The standard InChI is InChI=1S/C20H18ClN7O3/c21-14-1-6-18-19(11-14)31-23-20(18)26-9-7-25(8-10-26)12-15-13-27(24-22-15)16-2-4-17(5-3-16)28(29)30/h1-6,11,13H,7-10,12H2. The topological polar surface area (TPSA) is 106 Å². The van der Waals surface area contributed by atoms with E-state index in [1.54, 1.807) is 22.9 Å². The number of benzene rings is 2. The van der Waals surface area contributed by atoms with Crippen molar-refractivity contribution in [2.24, 2.45) is 0 Å². The van der Waals surface area contributed by atoms with Crippen LogP contribution in [0.4, 0.5) is 11.5 Å². The van der Waals surface area contributed by atoms with Gasteiger partial charge in [0.1, 0.15) is 0 Å². The second-order valence-electron chi connectivity index (χ2n) is 7.34. The molecule has 0 bridgehead atoms. The van der Waals surface area contributed by atoms with Crippen LogP contribution in [0.3, 0.4) is 0 Å². The predicted octanol–water partition coefficient (Wildman–Crippen LogP) is 3.29. The average molecular weight is 440 g/mol. The largest absolute Gasteiger partial charge is 0.354 e. The smallest absolute Gasteiger partial charge is 0.269 e. The molecule has 3 heterocycles. The van der Waals surface area contributed by atoms with Gasteiger partial charge in [-0.15, -0.1) is 5.10 Å². The van der Waals surface area contributed by atoms with Crippen LogP contribution in [0, 0.1) is 10.1 Å². The van der Waals surface area contributed by atoms with Crippen LogP contribution in [-0.4, -0.2) is 56.2 Å². The van der Waals surface area contributed by atoms with Gasteiger partial charge < -0.3 is 9.42 Å². The van der Waals surface area contributed by atoms with Crippen LogP contribution in [0.5, 0.6) is 0 Å². The van der Waals surface area contributed by atoms with Gasteiger partial charge in [-0.1, -0.05) is 22.0 Å². The third-order valence-electron chi connectivity index (χ3n) is 5.34. The summed E-state index contributed by atoms with van der Waals surface area (Å²) in [5.74, 6) is 0.843. The van der Waals surface area contributed by atoms with Crippen LogP contribution in [0.15, 0.2) is 53.2 Å². The molecule has 158 valence electrons. The van der Waals surface area contributed by atoms with Crippen molar-refractivity contribution in [1.82, 2.24) is 25.1 Å².